The summed E-state index contributed by atoms with van der Waals surface area (Å²) in [5, 5.41) is 11.4. The highest BCUT2D eigenvalue weighted by Gasteiger charge is 2.12. The molecule has 0 saturated carbocycles. The summed E-state index contributed by atoms with van der Waals surface area (Å²) in [6.45, 7) is 3.38. The summed E-state index contributed by atoms with van der Waals surface area (Å²) in [6, 6.07) is 8.11. The number of aromatic nitrogens is 3. The molecular weight excluding hydrogens is 310 g/mol. The van der Waals surface area contributed by atoms with Gasteiger partial charge in [0.1, 0.15) is 6.33 Å². The van der Waals surface area contributed by atoms with E-state index >= 15 is 0 Å². The molecule has 0 atom stereocenters. The predicted molar refractivity (Wildman–Crippen MR) is 91.3 cm³/mol. The summed E-state index contributed by atoms with van der Waals surface area (Å²) >= 11 is 1.38. The van der Waals surface area contributed by atoms with Crippen molar-refractivity contribution in [2.45, 2.75) is 24.5 Å². The average Bonchev–Trinajstić information content (AvgIpc) is 3.19. The Hall–Kier alpha value is -1.86. The molecule has 3 rings (SSSR count). The van der Waals surface area contributed by atoms with E-state index < -0.39 is 0 Å². The number of carbonyl (C=O) groups is 1. The molecule has 2 aromatic rings. The minimum Gasteiger partial charge on any atom is -0.325 e. The van der Waals surface area contributed by atoms with Gasteiger partial charge in [0.25, 0.3) is 0 Å². The molecule has 23 heavy (non-hydrogen) atoms. The second-order valence-electron chi connectivity index (χ2n) is 5.74. The van der Waals surface area contributed by atoms with Crippen molar-refractivity contribution in [1.82, 2.24) is 19.7 Å². The lowest BCUT2D eigenvalue weighted by atomic mass is 10.2. The first-order valence-electron chi connectivity index (χ1n) is 7.78. The maximum Gasteiger partial charge on any atom is 0.234 e. The Morgan fingerprint density at radius 2 is 2.00 bits per heavy atom. The molecule has 6 nitrogen and oxygen atoms in total. The largest absolute Gasteiger partial charge is 0.325 e. The first-order valence-corrected chi connectivity index (χ1v) is 8.77. The number of hydrogen-bond acceptors (Lipinski definition) is 5. The smallest absolute Gasteiger partial charge is 0.234 e. The van der Waals surface area contributed by atoms with Crippen LogP contribution in [-0.2, 0) is 18.4 Å². The SMILES string of the molecule is Cn1cnnc1SCC(=O)Nc1ccc(CN2CCCC2)cc1. The van der Waals surface area contributed by atoms with E-state index in [9.17, 15) is 4.79 Å². The van der Waals surface area contributed by atoms with Crippen LogP contribution in [-0.4, -0.2) is 44.4 Å². The zero-order valence-electron chi connectivity index (χ0n) is 13.2. The van der Waals surface area contributed by atoms with Crippen LogP contribution in [0.1, 0.15) is 18.4 Å². The Morgan fingerprint density at radius 1 is 1.26 bits per heavy atom. The van der Waals surface area contributed by atoms with Crippen molar-refractivity contribution in [3.8, 4) is 0 Å². The van der Waals surface area contributed by atoms with E-state index in [2.05, 4.69) is 32.5 Å². The van der Waals surface area contributed by atoms with E-state index in [-0.39, 0.29) is 5.91 Å². The molecular formula is C16H21N5OS. The number of rotatable bonds is 6. The number of anilines is 1. The Labute approximate surface area is 140 Å². The van der Waals surface area contributed by atoms with Gasteiger partial charge >= 0.3 is 0 Å². The van der Waals surface area contributed by atoms with E-state index in [4.69, 9.17) is 0 Å². The molecule has 2 heterocycles. The molecule has 0 spiro atoms. The highest BCUT2D eigenvalue weighted by atomic mass is 32.2. The van der Waals surface area contributed by atoms with Crippen LogP contribution in [0.3, 0.4) is 0 Å². The minimum atomic E-state index is -0.0368. The Kier molecular flexibility index (Phi) is 5.30. The predicted octanol–water partition coefficient (Wildman–Crippen LogP) is 2.14. The molecule has 1 fully saturated rings. The third-order valence-corrected chi connectivity index (χ3v) is 4.88. The van der Waals surface area contributed by atoms with Gasteiger partial charge in [0.05, 0.1) is 5.75 Å². The fourth-order valence-corrected chi connectivity index (χ4v) is 3.31. The van der Waals surface area contributed by atoms with Crippen molar-refractivity contribution in [3.05, 3.63) is 36.2 Å². The summed E-state index contributed by atoms with van der Waals surface area (Å²) in [5.41, 5.74) is 2.12. The monoisotopic (exact) mass is 331 g/mol. The molecule has 1 aromatic heterocycles. The number of benzene rings is 1. The van der Waals surface area contributed by atoms with Gasteiger partial charge in [-0.2, -0.15) is 0 Å². The van der Waals surface area contributed by atoms with Crippen LogP contribution < -0.4 is 5.32 Å². The summed E-state index contributed by atoms with van der Waals surface area (Å²) in [7, 11) is 1.86. The molecule has 0 radical (unpaired) electrons. The number of aryl methyl sites for hydroxylation is 1. The van der Waals surface area contributed by atoms with E-state index in [1.165, 1.54) is 43.3 Å². The van der Waals surface area contributed by atoms with E-state index in [0.29, 0.717) is 5.75 Å². The second-order valence-corrected chi connectivity index (χ2v) is 6.68. The second kappa shape index (κ2) is 7.61. The zero-order valence-corrected chi connectivity index (χ0v) is 14.1. The normalized spacial score (nSPS) is 15.0. The van der Waals surface area contributed by atoms with Crippen molar-refractivity contribution >= 4 is 23.4 Å². The van der Waals surface area contributed by atoms with Crippen molar-refractivity contribution in [2.75, 3.05) is 24.2 Å². The molecule has 1 aliphatic heterocycles. The molecule has 1 amide bonds. The number of nitrogens with one attached hydrogen (secondary N) is 1. The topological polar surface area (TPSA) is 63.1 Å². The van der Waals surface area contributed by atoms with Crippen molar-refractivity contribution < 1.29 is 4.79 Å². The number of carbonyl (C=O) groups excluding carboxylic acids is 1. The van der Waals surface area contributed by atoms with Crippen LogP contribution in [0.4, 0.5) is 5.69 Å². The average molecular weight is 331 g/mol. The molecule has 1 saturated heterocycles. The van der Waals surface area contributed by atoms with Crippen LogP contribution >= 0.6 is 11.8 Å². The lowest BCUT2D eigenvalue weighted by Crippen LogP contribution is -2.18. The van der Waals surface area contributed by atoms with Gasteiger partial charge in [-0.3, -0.25) is 9.69 Å². The summed E-state index contributed by atoms with van der Waals surface area (Å²) in [6.07, 6.45) is 4.23. The summed E-state index contributed by atoms with van der Waals surface area (Å²) in [4.78, 5) is 14.4. The molecule has 1 aliphatic rings. The van der Waals surface area contributed by atoms with Gasteiger partial charge in [-0.15, -0.1) is 10.2 Å². The molecule has 1 aromatic carbocycles. The van der Waals surface area contributed by atoms with Gasteiger partial charge in [-0.25, -0.2) is 0 Å². The third kappa shape index (κ3) is 4.56. The zero-order chi connectivity index (χ0) is 16.1. The first-order chi connectivity index (χ1) is 11.2. The standard InChI is InChI=1S/C16H21N5OS/c1-20-12-17-19-16(20)23-11-15(22)18-14-6-4-13(5-7-14)10-21-8-2-3-9-21/h4-7,12H,2-3,8-11H2,1H3,(H,18,22). The van der Waals surface area contributed by atoms with Crippen molar-refractivity contribution in [2.24, 2.45) is 7.05 Å². The van der Waals surface area contributed by atoms with Crippen LogP contribution in [0.15, 0.2) is 35.7 Å². The Bertz CT molecular complexity index is 649. The Balaban J connectivity index is 1.47. The summed E-state index contributed by atoms with van der Waals surface area (Å²) < 4.78 is 1.80. The molecule has 122 valence electrons. The van der Waals surface area contributed by atoms with Crippen LogP contribution in [0.25, 0.3) is 0 Å². The fraction of sp³-hybridized carbons (Fsp3) is 0.438. The quantitative estimate of drug-likeness (QED) is 0.822. The number of amides is 1. The minimum absolute atomic E-state index is 0.0368. The lowest BCUT2D eigenvalue weighted by molar-refractivity contribution is -0.113. The van der Waals surface area contributed by atoms with Crippen LogP contribution in [0.2, 0.25) is 0 Å². The molecule has 1 N–H and O–H groups in total. The molecule has 0 bridgehead atoms. The van der Waals surface area contributed by atoms with Crippen molar-refractivity contribution in [1.29, 1.82) is 0 Å². The summed E-state index contributed by atoms with van der Waals surface area (Å²) in [5.74, 6) is 0.285. The number of thioether (sulfide) groups is 1. The lowest BCUT2D eigenvalue weighted by Gasteiger charge is -2.14. The van der Waals surface area contributed by atoms with E-state index in [1.54, 1.807) is 10.9 Å². The maximum absolute atomic E-state index is 12.0. The number of nitrogens with zero attached hydrogens (tertiary/aromatic N) is 4. The van der Waals surface area contributed by atoms with Gasteiger partial charge in [0.2, 0.25) is 5.91 Å². The van der Waals surface area contributed by atoms with Gasteiger partial charge < -0.3 is 9.88 Å². The highest BCUT2D eigenvalue weighted by molar-refractivity contribution is 7.99. The molecule has 7 heteroatoms. The molecule has 0 unspecified atom stereocenters. The van der Waals surface area contributed by atoms with Crippen LogP contribution in [0, 0.1) is 0 Å². The van der Waals surface area contributed by atoms with Crippen LogP contribution in [0.5, 0.6) is 0 Å². The van der Waals surface area contributed by atoms with Gasteiger partial charge in [-0.05, 0) is 43.6 Å². The van der Waals surface area contributed by atoms with E-state index in [0.717, 1.165) is 17.4 Å². The van der Waals surface area contributed by atoms with Crippen molar-refractivity contribution in [3.63, 3.8) is 0 Å². The Morgan fingerprint density at radius 3 is 2.65 bits per heavy atom. The first kappa shape index (κ1) is 16.0. The highest BCUT2D eigenvalue weighted by Crippen LogP contribution is 2.17. The maximum atomic E-state index is 12.0. The molecule has 0 aliphatic carbocycles. The van der Waals surface area contributed by atoms with Gasteiger partial charge in [0, 0.05) is 19.3 Å². The fourth-order valence-electron chi connectivity index (χ4n) is 2.62. The number of hydrogen-bond donors (Lipinski definition) is 1. The van der Waals surface area contributed by atoms with Gasteiger partial charge in [-0.1, -0.05) is 23.9 Å². The third-order valence-electron chi connectivity index (χ3n) is 3.84. The number of likely N-dealkylation sites (tertiary alicyclic amines) is 1. The van der Waals surface area contributed by atoms with Gasteiger partial charge in [0.15, 0.2) is 5.16 Å². The van der Waals surface area contributed by atoms with E-state index in [1.807, 2.05) is 19.2 Å².